The van der Waals surface area contributed by atoms with Crippen LogP contribution in [-0.4, -0.2) is 64.5 Å². The van der Waals surface area contributed by atoms with Crippen molar-refractivity contribution in [3.8, 4) is 17.2 Å². The molecule has 31 heavy (non-hydrogen) atoms. The first-order chi connectivity index (χ1) is 14.9. The van der Waals surface area contributed by atoms with Crippen molar-refractivity contribution in [1.82, 2.24) is 0 Å². The molecule has 11 heteroatoms. The minimum absolute atomic E-state index is 0.00840. The molecule has 0 amide bonds. The lowest BCUT2D eigenvalue weighted by molar-refractivity contribution is -0.277. The predicted octanol–water partition coefficient (Wildman–Crippen LogP) is 0.507. The Morgan fingerprint density at radius 1 is 1.06 bits per heavy atom. The van der Waals surface area contributed by atoms with Gasteiger partial charge < -0.3 is 43.8 Å². The zero-order chi connectivity index (χ0) is 21.9. The van der Waals surface area contributed by atoms with Crippen LogP contribution in [0.25, 0.3) is 21.7 Å². The molecule has 3 aromatic rings. The lowest BCUT2D eigenvalue weighted by Crippen LogP contribution is -2.60. The number of aliphatic hydroxyl groups excluding tert-OH is 4. The first kappa shape index (κ1) is 20.3. The van der Waals surface area contributed by atoms with Crippen LogP contribution in [-0.2, 0) is 4.74 Å². The number of benzene rings is 2. The van der Waals surface area contributed by atoms with Gasteiger partial charge in [-0.2, -0.15) is 0 Å². The average Bonchev–Trinajstić information content (AvgIpc) is 3.22. The van der Waals surface area contributed by atoms with Gasteiger partial charge in [-0.05, 0) is 18.2 Å². The summed E-state index contributed by atoms with van der Waals surface area (Å²) in [7, 11) is 0. The lowest BCUT2D eigenvalue weighted by atomic mass is 9.99. The van der Waals surface area contributed by atoms with Gasteiger partial charge in [0.2, 0.25) is 13.1 Å². The molecule has 5 atom stereocenters. The number of aliphatic hydroxyl groups is 4. The number of hydrogen-bond acceptors (Lipinski definition) is 10. The van der Waals surface area contributed by atoms with Crippen LogP contribution >= 0.6 is 11.6 Å². The summed E-state index contributed by atoms with van der Waals surface area (Å²) in [5.41, 5.74) is -0.547. The largest absolute Gasteiger partial charge is 0.462 e. The second-order valence-electron chi connectivity index (χ2n) is 7.20. The second-order valence-corrected chi connectivity index (χ2v) is 7.61. The van der Waals surface area contributed by atoms with E-state index < -0.39 is 42.9 Å². The fourth-order valence-electron chi connectivity index (χ4n) is 3.80. The first-order valence-electron chi connectivity index (χ1n) is 9.35. The molecule has 1 saturated heterocycles. The van der Waals surface area contributed by atoms with E-state index in [2.05, 4.69) is 0 Å². The molecule has 0 saturated carbocycles. The van der Waals surface area contributed by atoms with Crippen molar-refractivity contribution in [3.05, 3.63) is 39.7 Å². The van der Waals surface area contributed by atoms with Gasteiger partial charge in [0.1, 0.15) is 41.1 Å². The molecular weight excluding hydrogens is 436 g/mol. The maximum absolute atomic E-state index is 12.6. The summed E-state index contributed by atoms with van der Waals surface area (Å²) in [6, 6.07) is 6.15. The zero-order valence-corrected chi connectivity index (χ0v) is 16.5. The molecule has 0 spiro atoms. The molecule has 5 rings (SSSR count). The van der Waals surface area contributed by atoms with Crippen LogP contribution in [0.2, 0.25) is 5.02 Å². The molecule has 0 radical (unpaired) electrons. The van der Waals surface area contributed by atoms with Gasteiger partial charge in [-0.25, -0.2) is 4.79 Å². The summed E-state index contributed by atoms with van der Waals surface area (Å²) in [4.78, 5) is 12.6. The van der Waals surface area contributed by atoms with Crippen LogP contribution in [0.15, 0.2) is 33.5 Å². The second kappa shape index (κ2) is 7.52. The molecule has 1 fully saturated rings. The number of ether oxygens (including phenoxy) is 4. The molecule has 1 aromatic heterocycles. The van der Waals surface area contributed by atoms with E-state index in [1.54, 1.807) is 12.1 Å². The van der Waals surface area contributed by atoms with Crippen molar-refractivity contribution in [2.24, 2.45) is 0 Å². The Morgan fingerprint density at radius 2 is 1.87 bits per heavy atom. The Kier molecular flexibility index (Phi) is 4.93. The van der Waals surface area contributed by atoms with Crippen LogP contribution in [0, 0.1) is 0 Å². The van der Waals surface area contributed by atoms with Crippen molar-refractivity contribution in [2.75, 3.05) is 13.4 Å². The molecule has 0 aliphatic carbocycles. The van der Waals surface area contributed by atoms with Crippen LogP contribution in [0.4, 0.5) is 0 Å². The van der Waals surface area contributed by atoms with Crippen molar-refractivity contribution in [3.63, 3.8) is 0 Å². The van der Waals surface area contributed by atoms with Crippen molar-refractivity contribution < 1.29 is 43.8 Å². The summed E-state index contributed by atoms with van der Waals surface area (Å²) < 4.78 is 27.1. The monoisotopic (exact) mass is 452 g/mol. The molecule has 0 bridgehead atoms. The van der Waals surface area contributed by atoms with Gasteiger partial charge in [-0.1, -0.05) is 11.6 Å². The van der Waals surface area contributed by atoms with E-state index in [4.69, 9.17) is 35.0 Å². The van der Waals surface area contributed by atoms with Crippen molar-refractivity contribution >= 4 is 33.3 Å². The third-order valence-corrected chi connectivity index (χ3v) is 5.64. The standard InChI is InChI=1S/C20H17ClO10/c21-9-3-7(29-20-17(25)16(24)15(23)12(5-22)31-20)4-11-13(9)8-1-2-10-18(28-6-27-10)14(8)19(26)30-11/h1-4,12,15-17,20,22-25H,5-6H2/t12-,15-,16+,17-,20-/m1/s1. The third-order valence-electron chi connectivity index (χ3n) is 5.34. The molecule has 3 heterocycles. The number of rotatable bonds is 3. The van der Waals surface area contributed by atoms with Crippen LogP contribution in [0.5, 0.6) is 17.2 Å². The summed E-state index contributed by atoms with van der Waals surface area (Å²) in [5, 5.41) is 40.6. The number of fused-ring (bicyclic) bond motifs is 5. The van der Waals surface area contributed by atoms with E-state index in [1.165, 1.54) is 12.1 Å². The first-order valence-corrected chi connectivity index (χ1v) is 9.72. The third kappa shape index (κ3) is 3.19. The van der Waals surface area contributed by atoms with E-state index in [9.17, 15) is 25.2 Å². The van der Waals surface area contributed by atoms with Gasteiger partial charge in [0.05, 0.1) is 11.6 Å². The highest BCUT2D eigenvalue weighted by Crippen LogP contribution is 2.42. The molecule has 2 aromatic carbocycles. The normalized spacial score (nSPS) is 27.7. The van der Waals surface area contributed by atoms with E-state index in [-0.39, 0.29) is 34.3 Å². The van der Waals surface area contributed by atoms with E-state index >= 15 is 0 Å². The molecule has 164 valence electrons. The number of hydrogen-bond donors (Lipinski definition) is 4. The Morgan fingerprint density at radius 3 is 2.65 bits per heavy atom. The Hall–Kier alpha value is -2.60. The topological polar surface area (TPSA) is 148 Å². The molecule has 0 unspecified atom stereocenters. The van der Waals surface area contributed by atoms with Gasteiger partial charge in [0, 0.05) is 16.8 Å². The summed E-state index contributed by atoms with van der Waals surface area (Å²) in [5.74, 6) is 0.786. The predicted molar refractivity (Wildman–Crippen MR) is 106 cm³/mol. The van der Waals surface area contributed by atoms with Crippen LogP contribution in [0.1, 0.15) is 0 Å². The minimum Gasteiger partial charge on any atom is -0.462 e. The SMILES string of the molecule is O=c1oc2cc(O[C@@H]3O[C@H](CO)[C@@H](O)[C@H](O)[C@H]3O)cc(Cl)c2c2ccc3c(c12)OCO3. The Balaban J connectivity index is 1.57. The maximum Gasteiger partial charge on any atom is 0.348 e. The molecule has 4 N–H and O–H groups in total. The highest BCUT2D eigenvalue weighted by atomic mass is 35.5. The number of halogens is 1. The Labute approximate surface area is 178 Å². The van der Waals surface area contributed by atoms with Gasteiger partial charge in [-0.15, -0.1) is 0 Å². The molecular formula is C20H17ClO10. The lowest BCUT2D eigenvalue weighted by Gasteiger charge is -2.39. The van der Waals surface area contributed by atoms with Crippen LogP contribution < -0.4 is 19.8 Å². The Bertz CT molecular complexity index is 1220. The maximum atomic E-state index is 12.6. The van der Waals surface area contributed by atoms with Crippen molar-refractivity contribution in [1.29, 1.82) is 0 Å². The molecule has 2 aliphatic heterocycles. The molecule has 10 nitrogen and oxygen atoms in total. The summed E-state index contributed by atoms with van der Waals surface area (Å²) in [6.07, 6.45) is -7.26. The zero-order valence-electron chi connectivity index (χ0n) is 15.7. The smallest absolute Gasteiger partial charge is 0.348 e. The average molecular weight is 453 g/mol. The summed E-state index contributed by atoms with van der Waals surface area (Å²) in [6.45, 7) is -0.605. The van der Waals surface area contributed by atoms with Gasteiger partial charge in [-0.3, -0.25) is 0 Å². The molecule has 2 aliphatic rings. The van der Waals surface area contributed by atoms with Gasteiger partial charge in [0.25, 0.3) is 0 Å². The van der Waals surface area contributed by atoms with E-state index in [0.717, 1.165) is 0 Å². The van der Waals surface area contributed by atoms with Crippen molar-refractivity contribution in [2.45, 2.75) is 30.7 Å². The quantitative estimate of drug-likeness (QED) is 0.327. The van der Waals surface area contributed by atoms with Crippen LogP contribution in [0.3, 0.4) is 0 Å². The highest BCUT2D eigenvalue weighted by molar-refractivity contribution is 6.37. The van der Waals surface area contributed by atoms with Gasteiger partial charge in [0.15, 0.2) is 11.5 Å². The van der Waals surface area contributed by atoms with E-state index in [1.807, 2.05) is 0 Å². The fourth-order valence-corrected chi connectivity index (χ4v) is 4.10. The highest BCUT2D eigenvalue weighted by Gasteiger charge is 2.44. The summed E-state index contributed by atoms with van der Waals surface area (Å²) >= 11 is 6.46. The van der Waals surface area contributed by atoms with E-state index in [0.29, 0.717) is 16.5 Å². The fraction of sp³-hybridized carbons (Fsp3) is 0.350. The minimum atomic E-state index is -1.60. The van der Waals surface area contributed by atoms with Gasteiger partial charge >= 0.3 is 5.63 Å².